The van der Waals surface area contributed by atoms with Crippen LogP contribution in [0.3, 0.4) is 0 Å². The topological polar surface area (TPSA) is 75.7 Å². The first kappa shape index (κ1) is 20.5. The highest BCUT2D eigenvalue weighted by Crippen LogP contribution is 2.61. The molecule has 1 atom stereocenters. The van der Waals surface area contributed by atoms with Crippen molar-refractivity contribution in [1.29, 1.82) is 0 Å². The number of ether oxygens (including phenoxy) is 1. The molecule has 0 radical (unpaired) electrons. The molecule has 6 heteroatoms. The van der Waals surface area contributed by atoms with Gasteiger partial charge in [0.2, 0.25) is 5.91 Å². The number of carbonyl (C=O) groups is 3. The van der Waals surface area contributed by atoms with E-state index in [1.165, 1.54) is 38.5 Å². The van der Waals surface area contributed by atoms with E-state index in [1.54, 1.807) is 29.2 Å². The molecule has 1 aromatic rings. The van der Waals surface area contributed by atoms with Gasteiger partial charge in [0.15, 0.2) is 6.61 Å². The predicted octanol–water partition coefficient (Wildman–Crippen LogP) is 3.69. The van der Waals surface area contributed by atoms with Crippen LogP contribution in [0, 0.1) is 23.2 Å². The lowest BCUT2D eigenvalue weighted by Crippen LogP contribution is -2.56. The lowest BCUT2D eigenvalue weighted by Gasteiger charge is -2.59. The predicted molar refractivity (Wildman–Crippen MR) is 117 cm³/mol. The lowest BCUT2D eigenvalue weighted by atomic mass is 9.48. The maximum absolute atomic E-state index is 12.5. The molecule has 1 aliphatic heterocycles. The van der Waals surface area contributed by atoms with Gasteiger partial charge < -0.3 is 15.0 Å². The van der Waals surface area contributed by atoms with E-state index in [2.05, 4.69) is 12.2 Å². The fourth-order valence-electron chi connectivity index (χ4n) is 7.06. The average molecular weight is 425 g/mol. The second-order valence-electron chi connectivity index (χ2n) is 10.3. The van der Waals surface area contributed by atoms with Crippen LogP contribution in [0.4, 0.5) is 5.69 Å². The van der Waals surface area contributed by atoms with Crippen molar-refractivity contribution < 1.29 is 19.1 Å². The quantitative estimate of drug-likeness (QED) is 0.707. The normalized spacial score (nSPS) is 32.2. The van der Waals surface area contributed by atoms with Crippen molar-refractivity contribution in [2.45, 2.75) is 64.3 Å². The summed E-state index contributed by atoms with van der Waals surface area (Å²) in [7, 11) is 0. The summed E-state index contributed by atoms with van der Waals surface area (Å²) in [6, 6.07) is 6.94. The summed E-state index contributed by atoms with van der Waals surface area (Å²) < 4.78 is 5.26. The Morgan fingerprint density at radius 2 is 1.71 bits per heavy atom. The van der Waals surface area contributed by atoms with Crippen LogP contribution < -0.4 is 10.2 Å². The Hall–Kier alpha value is -2.37. The van der Waals surface area contributed by atoms with E-state index >= 15 is 0 Å². The molecule has 1 aromatic carbocycles. The molecule has 166 valence electrons. The molecular weight excluding hydrogens is 392 g/mol. The van der Waals surface area contributed by atoms with Gasteiger partial charge in [0, 0.05) is 24.7 Å². The number of rotatable bonds is 6. The number of carbonyl (C=O) groups excluding carboxylic acids is 3. The Bertz CT molecular complexity index is 843. The van der Waals surface area contributed by atoms with Gasteiger partial charge in [-0.05, 0) is 99.3 Å². The third-order valence-corrected chi connectivity index (χ3v) is 8.20. The van der Waals surface area contributed by atoms with Crippen LogP contribution in [0.25, 0.3) is 0 Å². The van der Waals surface area contributed by atoms with Crippen molar-refractivity contribution in [2.24, 2.45) is 23.2 Å². The Morgan fingerprint density at radius 1 is 1.10 bits per heavy atom. The molecule has 6 nitrogen and oxygen atoms in total. The summed E-state index contributed by atoms with van der Waals surface area (Å²) >= 11 is 0. The van der Waals surface area contributed by atoms with Crippen LogP contribution in [0.2, 0.25) is 0 Å². The van der Waals surface area contributed by atoms with E-state index in [0.29, 0.717) is 18.5 Å². The van der Waals surface area contributed by atoms with E-state index in [-0.39, 0.29) is 29.9 Å². The molecule has 4 aliphatic carbocycles. The van der Waals surface area contributed by atoms with Crippen molar-refractivity contribution >= 4 is 23.5 Å². The van der Waals surface area contributed by atoms with Crippen LogP contribution in [0.15, 0.2) is 24.3 Å². The second-order valence-corrected chi connectivity index (χ2v) is 10.3. The van der Waals surface area contributed by atoms with E-state index in [1.807, 2.05) is 0 Å². The molecule has 1 saturated heterocycles. The second kappa shape index (κ2) is 7.95. The zero-order valence-corrected chi connectivity index (χ0v) is 18.3. The molecule has 6 rings (SSSR count). The number of amides is 2. The van der Waals surface area contributed by atoms with E-state index in [0.717, 1.165) is 29.9 Å². The summed E-state index contributed by atoms with van der Waals surface area (Å²) in [5, 5.41) is 3.13. The standard InChI is InChI=1S/C25H32N2O4/c1-16(25-12-17-9-18(13-25)11-19(10-17)14-25)26-22(28)15-31-24(30)20-4-6-21(7-5-20)27-8-2-3-23(27)29/h4-7,16-19H,2-3,8-15H2,1H3,(H,26,28)/t16-,17?,18?,19?,25?/m0/s1. The smallest absolute Gasteiger partial charge is 0.338 e. The van der Waals surface area contributed by atoms with Crippen LogP contribution in [0.1, 0.15) is 68.6 Å². The van der Waals surface area contributed by atoms with Crippen molar-refractivity contribution in [3.63, 3.8) is 0 Å². The Balaban J connectivity index is 1.13. The van der Waals surface area contributed by atoms with Gasteiger partial charge in [-0.25, -0.2) is 4.79 Å². The zero-order valence-electron chi connectivity index (χ0n) is 18.3. The van der Waals surface area contributed by atoms with Gasteiger partial charge in [0.05, 0.1) is 5.56 Å². The fourth-order valence-corrected chi connectivity index (χ4v) is 7.06. The molecule has 1 heterocycles. The molecule has 0 aromatic heterocycles. The molecule has 5 fully saturated rings. The number of hydrogen-bond acceptors (Lipinski definition) is 4. The Morgan fingerprint density at radius 3 is 2.26 bits per heavy atom. The molecule has 31 heavy (non-hydrogen) atoms. The number of esters is 1. The molecule has 0 spiro atoms. The van der Waals surface area contributed by atoms with Gasteiger partial charge in [-0.3, -0.25) is 9.59 Å². The SMILES string of the molecule is C[C@H](NC(=O)COC(=O)c1ccc(N2CCCC2=O)cc1)C12CC3CC(CC(C3)C1)C2. The van der Waals surface area contributed by atoms with E-state index in [9.17, 15) is 14.4 Å². The van der Waals surface area contributed by atoms with Gasteiger partial charge >= 0.3 is 5.97 Å². The third kappa shape index (κ3) is 3.97. The van der Waals surface area contributed by atoms with Crippen LogP contribution in [0.5, 0.6) is 0 Å². The summed E-state index contributed by atoms with van der Waals surface area (Å²) in [5.74, 6) is 1.87. The van der Waals surface area contributed by atoms with Gasteiger partial charge in [0.25, 0.3) is 5.91 Å². The highest BCUT2D eigenvalue weighted by atomic mass is 16.5. The third-order valence-electron chi connectivity index (χ3n) is 8.20. The molecule has 4 saturated carbocycles. The number of nitrogens with zero attached hydrogens (tertiary/aromatic N) is 1. The minimum absolute atomic E-state index is 0.111. The highest BCUT2D eigenvalue weighted by molar-refractivity contribution is 5.96. The zero-order chi connectivity index (χ0) is 21.6. The van der Waals surface area contributed by atoms with Crippen LogP contribution >= 0.6 is 0 Å². The van der Waals surface area contributed by atoms with Gasteiger partial charge in [-0.15, -0.1) is 0 Å². The molecule has 4 bridgehead atoms. The van der Waals surface area contributed by atoms with Crippen molar-refractivity contribution in [3.05, 3.63) is 29.8 Å². The van der Waals surface area contributed by atoms with Crippen LogP contribution in [-0.2, 0) is 14.3 Å². The Kier molecular flexibility index (Phi) is 5.27. The fraction of sp³-hybridized carbons (Fsp3) is 0.640. The van der Waals surface area contributed by atoms with Crippen molar-refractivity contribution in [1.82, 2.24) is 5.32 Å². The highest BCUT2D eigenvalue weighted by Gasteiger charge is 2.53. The van der Waals surface area contributed by atoms with Gasteiger partial charge in [-0.2, -0.15) is 0 Å². The van der Waals surface area contributed by atoms with E-state index in [4.69, 9.17) is 4.74 Å². The first-order valence-electron chi connectivity index (χ1n) is 11.8. The number of nitrogens with one attached hydrogen (secondary N) is 1. The number of hydrogen-bond donors (Lipinski definition) is 1. The molecule has 2 amide bonds. The molecule has 1 N–H and O–H groups in total. The summed E-state index contributed by atoms with van der Waals surface area (Å²) in [6.45, 7) is 2.58. The first-order chi connectivity index (χ1) is 14.9. The van der Waals surface area contributed by atoms with E-state index < -0.39 is 5.97 Å². The summed E-state index contributed by atoms with van der Waals surface area (Å²) in [6.07, 6.45) is 9.25. The Labute approximate surface area is 183 Å². The largest absolute Gasteiger partial charge is 0.452 e. The van der Waals surface area contributed by atoms with Gasteiger partial charge in [0.1, 0.15) is 0 Å². The summed E-state index contributed by atoms with van der Waals surface area (Å²) in [4.78, 5) is 38.5. The van der Waals surface area contributed by atoms with Crippen molar-refractivity contribution in [2.75, 3.05) is 18.1 Å². The molecular formula is C25H32N2O4. The maximum Gasteiger partial charge on any atom is 0.338 e. The van der Waals surface area contributed by atoms with Gasteiger partial charge in [-0.1, -0.05) is 0 Å². The van der Waals surface area contributed by atoms with Crippen LogP contribution in [-0.4, -0.2) is 37.0 Å². The molecule has 0 unspecified atom stereocenters. The van der Waals surface area contributed by atoms with Crippen molar-refractivity contribution in [3.8, 4) is 0 Å². The number of benzene rings is 1. The summed E-state index contributed by atoms with van der Waals surface area (Å²) in [5.41, 5.74) is 1.41. The monoisotopic (exact) mass is 424 g/mol. The molecule has 5 aliphatic rings. The first-order valence-corrected chi connectivity index (χ1v) is 11.8. The number of anilines is 1. The maximum atomic E-state index is 12.5. The minimum atomic E-state index is -0.517. The minimum Gasteiger partial charge on any atom is -0.452 e. The lowest BCUT2D eigenvalue weighted by molar-refractivity contribution is -0.128. The average Bonchev–Trinajstić information content (AvgIpc) is 3.17.